The molecule has 0 heterocycles. The molecule has 9 heteroatoms. The molecule has 8 nitrogen and oxygen atoms in total. The molecule has 0 aliphatic heterocycles. The Labute approximate surface area is 269 Å². The largest absolute Gasteiger partial charge is 0.756 e. The number of aliphatic hydroxyl groups excluding tert-OH is 1. The summed E-state index contributed by atoms with van der Waals surface area (Å²) < 4.78 is 22.8. The Morgan fingerprint density at radius 1 is 0.818 bits per heavy atom. The minimum Gasteiger partial charge on any atom is -0.756 e. The first-order chi connectivity index (χ1) is 21.0. The number of nitrogens with zero attached hydrogens (tertiary/aromatic N) is 1. The standard InChI is InChI=1S/C35H65N2O6P/c1-6-8-10-11-12-13-14-15-16-17-18-19-20-21-22-23-24-25-27-29-35(39)36-33(34(38)28-26-9-7-2)32-43-44(40,41)42-31-30-37(3,4)5/h8,10,12-13,15-16,18-19,33-34,38H,6-7,9,11,14,17,20-32H2,1-5H3,(H-,36,39,40,41)/b10-8-,13-12-,16-15-,19-18-. The van der Waals surface area contributed by atoms with Gasteiger partial charge in [-0.05, 0) is 51.4 Å². The summed E-state index contributed by atoms with van der Waals surface area (Å²) in [6, 6.07) is -0.804. The van der Waals surface area contributed by atoms with Crippen LogP contribution in [-0.2, 0) is 18.4 Å². The zero-order chi connectivity index (χ0) is 32.9. The Morgan fingerprint density at radius 2 is 1.39 bits per heavy atom. The highest BCUT2D eigenvalue weighted by Gasteiger charge is 2.24. The summed E-state index contributed by atoms with van der Waals surface area (Å²) in [5.41, 5.74) is 0. The fraction of sp³-hybridized carbons (Fsp3) is 0.743. The molecule has 44 heavy (non-hydrogen) atoms. The molecule has 3 atom stereocenters. The number of carbonyl (C=O) groups excluding carboxylic acids is 1. The summed E-state index contributed by atoms with van der Waals surface area (Å²) in [6.45, 7) is 4.38. The SMILES string of the molecule is CC/C=C\C/C=C\C/C=C\C/C=C\CCCCCCCCC(=O)NC(COP(=O)([O-])OCC[N+](C)(C)C)C(O)CCCCC. The number of phosphoric acid groups is 1. The smallest absolute Gasteiger partial charge is 0.268 e. The van der Waals surface area contributed by atoms with Gasteiger partial charge in [0.05, 0.1) is 39.9 Å². The van der Waals surface area contributed by atoms with Crippen LogP contribution in [0.25, 0.3) is 0 Å². The molecule has 0 rings (SSSR count). The molecule has 0 spiro atoms. The fourth-order valence-corrected chi connectivity index (χ4v) is 5.04. The summed E-state index contributed by atoms with van der Waals surface area (Å²) in [7, 11) is 1.27. The van der Waals surface area contributed by atoms with Crippen LogP contribution in [0.3, 0.4) is 0 Å². The number of hydrogen-bond donors (Lipinski definition) is 2. The van der Waals surface area contributed by atoms with Crippen molar-refractivity contribution < 1.29 is 32.9 Å². The number of nitrogens with one attached hydrogen (secondary N) is 1. The van der Waals surface area contributed by atoms with Crippen LogP contribution in [0.4, 0.5) is 0 Å². The highest BCUT2D eigenvalue weighted by Crippen LogP contribution is 2.38. The number of rotatable bonds is 29. The maximum atomic E-state index is 12.6. The zero-order valence-electron chi connectivity index (χ0n) is 28.6. The summed E-state index contributed by atoms with van der Waals surface area (Å²) in [4.78, 5) is 24.8. The topological polar surface area (TPSA) is 108 Å². The van der Waals surface area contributed by atoms with E-state index in [9.17, 15) is 19.4 Å². The normalized spacial score (nSPS) is 15.5. The summed E-state index contributed by atoms with van der Waals surface area (Å²) in [5, 5.41) is 13.5. The van der Waals surface area contributed by atoms with Gasteiger partial charge in [-0.25, -0.2) is 0 Å². The van der Waals surface area contributed by atoms with Crippen molar-refractivity contribution in [2.45, 2.75) is 129 Å². The second-order valence-corrected chi connectivity index (χ2v) is 13.9. The van der Waals surface area contributed by atoms with Gasteiger partial charge in [-0.2, -0.15) is 0 Å². The summed E-state index contributed by atoms with van der Waals surface area (Å²) in [6.07, 6.45) is 31.9. The van der Waals surface area contributed by atoms with Crippen LogP contribution in [0.2, 0.25) is 0 Å². The van der Waals surface area contributed by atoms with Crippen molar-refractivity contribution >= 4 is 13.7 Å². The molecule has 0 aromatic rings. The average Bonchev–Trinajstić information content (AvgIpc) is 2.95. The molecule has 1 amide bonds. The van der Waals surface area contributed by atoms with E-state index in [0.717, 1.165) is 77.0 Å². The maximum absolute atomic E-state index is 12.6. The van der Waals surface area contributed by atoms with Gasteiger partial charge in [-0.3, -0.25) is 9.36 Å². The highest BCUT2D eigenvalue weighted by atomic mass is 31.2. The molecule has 0 aliphatic rings. The monoisotopic (exact) mass is 640 g/mol. The van der Waals surface area contributed by atoms with Gasteiger partial charge in [0.1, 0.15) is 13.2 Å². The first-order valence-electron chi connectivity index (χ1n) is 17.0. The third-order valence-corrected chi connectivity index (χ3v) is 8.05. The third kappa shape index (κ3) is 29.2. The Balaban J connectivity index is 4.19. The molecule has 0 radical (unpaired) electrons. The number of likely N-dealkylation sites (N-methyl/N-ethyl adjacent to an activating group) is 1. The van der Waals surface area contributed by atoms with E-state index in [4.69, 9.17) is 9.05 Å². The molecular formula is C35H65N2O6P. The number of allylic oxidation sites excluding steroid dienone is 8. The lowest BCUT2D eigenvalue weighted by atomic mass is 10.0. The van der Waals surface area contributed by atoms with E-state index < -0.39 is 20.0 Å². The van der Waals surface area contributed by atoms with Crippen molar-refractivity contribution in [3.63, 3.8) is 0 Å². The number of quaternary nitrogens is 1. The number of aliphatic hydroxyl groups is 1. The minimum atomic E-state index is -4.54. The average molecular weight is 641 g/mol. The van der Waals surface area contributed by atoms with E-state index in [-0.39, 0.29) is 19.1 Å². The molecule has 256 valence electrons. The van der Waals surface area contributed by atoms with E-state index in [2.05, 4.69) is 67.8 Å². The second kappa shape index (κ2) is 27.7. The van der Waals surface area contributed by atoms with Gasteiger partial charge in [0.25, 0.3) is 7.82 Å². The molecule has 0 aromatic carbocycles. The van der Waals surface area contributed by atoms with Crippen molar-refractivity contribution in [3.05, 3.63) is 48.6 Å². The number of carbonyl (C=O) groups is 1. The first kappa shape index (κ1) is 42.5. The molecule has 0 fully saturated rings. The van der Waals surface area contributed by atoms with Gasteiger partial charge < -0.3 is 28.8 Å². The van der Waals surface area contributed by atoms with Crippen molar-refractivity contribution in [2.75, 3.05) is 40.9 Å². The number of phosphoric ester groups is 1. The molecule has 0 saturated carbocycles. The fourth-order valence-electron chi connectivity index (χ4n) is 4.32. The molecule has 0 saturated heterocycles. The Kier molecular flexibility index (Phi) is 26.8. The molecule has 0 aromatic heterocycles. The van der Waals surface area contributed by atoms with Gasteiger partial charge in [0.2, 0.25) is 5.91 Å². The van der Waals surface area contributed by atoms with E-state index in [1.807, 2.05) is 21.1 Å². The lowest BCUT2D eigenvalue weighted by molar-refractivity contribution is -0.870. The third-order valence-electron chi connectivity index (χ3n) is 7.08. The predicted molar refractivity (Wildman–Crippen MR) is 182 cm³/mol. The summed E-state index contributed by atoms with van der Waals surface area (Å²) >= 11 is 0. The van der Waals surface area contributed by atoms with Crippen molar-refractivity contribution in [2.24, 2.45) is 0 Å². The van der Waals surface area contributed by atoms with Crippen molar-refractivity contribution in [3.8, 4) is 0 Å². The lowest BCUT2D eigenvalue weighted by Gasteiger charge is -2.30. The van der Waals surface area contributed by atoms with Gasteiger partial charge in [0.15, 0.2) is 0 Å². The summed E-state index contributed by atoms with van der Waals surface area (Å²) in [5.74, 6) is -0.195. The number of amides is 1. The van der Waals surface area contributed by atoms with Crippen LogP contribution in [-0.4, -0.2) is 68.5 Å². The van der Waals surface area contributed by atoms with Crippen LogP contribution < -0.4 is 10.2 Å². The molecule has 0 aliphatic carbocycles. The van der Waals surface area contributed by atoms with Crippen LogP contribution in [0.1, 0.15) is 117 Å². The van der Waals surface area contributed by atoms with Crippen molar-refractivity contribution in [1.29, 1.82) is 0 Å². The van der Waals surface area contributed by atoms with E-state index in [0.29, 0.717) is 23.9 Å². The molecular weight excluding hydrogens is 575 g/mol. The van der Waals surface area contributed by atoms with E-state index >= 15 is 0 Å². The minimum absolute atomic E-state index is 0.00475. The Bertz CT molecular complexity index is 866. The van der Waals surface area contributed by atoms with Crippen LogP contribution in [0.5, 0.6) is 0 Å². The van der Waals surface area contributed by atoms with Gasteiger partial charge in [0, 0.05) is 6.42 Å². The Morgan fingerprint density at radius 3 is 1.98 bits per heavy atom. The van der Waals surface area contributed by atoms with Crippen LogP contribution in [0, 0.1) is 0 Å². The van der Waals surface area contributed by atoms with Gasteiger partial charge in [-0.15, -0.1) is 0 Å². The first-order valence-corrected chi connectivity index (χ1v) is 18.4. The Hall–Kier alpha value is -1.54. The van der Waals surface area contributed by atoms with Crippen LogP contribution >= 0.6 is 7.82 Å². The van der Waals surface area contributed by atoms with Gasteiger partial charge in [-0.1, -0.05) is 107 Å². The van der Waals surface area contributed by atoms with E-state index in [1.165, 1.54) is 12.8 Å². The molecule has 3 unspecified atom stereocenters. The molecule has 0 bridgehead atoms. The number of unbranched alkanes of at least 4 members (excludes halogenated alkanes) is 8. The number of hydrogen-bond acceptors (Lipinski definition) is 6. The molecule has 2 N–H and O–H groups in total. The maximum Gasteiger partial charge on any atom is 0.268 e. The quantitative estimate of drug-likeness (QED) is 0.0378. The predicted octanol–water partition coefficient (Wildman–Crippen LogP) is 7.55. The van der Waals surface area contributed by atoms with Crippen LogP contribution in [0.15, 0.2) is 48.6 Å². The lowest BCUT2D eigenvalue weighted by Crippen LogP contribution is -2.46. The highest BCUT2D eigenvalue weighted by molar-refractivity contribution is 7.45. The van der Waals surface area contributed by atoms with E-state index in [1.54, 1.807) is 0 Å². The second-order valence-electron chi connectivity index (χ2n) is 12.5. The zero-order valence-corrected chi connectivity index (χ0v) is 29.5. The van der Waals surface area contributed by atoms with Gasteiger partial charge >= 0.3 is 0 Å². The van der Waals surface area contributed by atoms with Crippen molar-refractivity contribution in [1.82, 2.24) is 5.32 Å².